The van der Waals surface area contributed by atoms with Crippen molar-refractivity contribution in [3.05, 3.63) is 65.7 Å². The fraction of sp³-hybridized carbons (Fsp3) is 0.222. The highest BCUT2D eigenvalue weighted by Crippen LogP contribution is 2.23. The maximum absolute atomic E-state index is 13.7. The summed E-state index contributed by atoms with van der Waals surface area (Å²) >= 11 is 0. The minimum Gasteiger partial charge on any atom is -0.327 e. The fourth-order valence-corrected chi connectivity index (χ4v) is 2.84. The largest absolute Gasteiger partial charge is 0.327 e. The van der Waals surface area contributed by atoms with Gasteiger partial charge in [0.05, 0.1) is 5.69 Å². The molecule has 1 heterocycles. The lowest BCUT2D eigenvalue weighted by molar-refractivity contribution is -0.119. The molecule has 6 heteroatoms. The van der Waals surface area contributed by atoms with Crippen LogP contribution in [0.1, 0.15) is 23.2 Å². The third-order valence-corrected chi connectivity index (χ3v) is 4.03. The zero-order valence-electron chi connectivity index (χ0n) is 12.8. The number of halogens is 2. The minimum absolute atomic E-state index is 0.0968. The molecule has 4 nitrogen and oxygen atoms in total. The average Bonchev–Trinajstić information content (AvgIpc) is 3.07. The molecular weight excluding hydrogens is 314 g/mol. The summed E-state index contributed by atoms with van der Waals surface area (Å²) in [4.78, 5) is 26.5. The van der Waals surface area contributed by atoms with Crippen LogP contribution in [0.15, 0.2) is 48.5 Å². The van der Waals surface area contributed by atoms with Crippen LogP contribution in [0.5, 0.6) is 0 Å². The predicted octanol–water partition coefficient (Wildman–Crippen LogP) is 3.21. The molecule has 1 saturated heterocycles. The van der Waals surface area contributed by atoms with Gasteiger partial charge in [0.2, 0.25) is 5.91 Å². The van der Waals surface area contributed by atoms with E-state index in [4.69, 9.17) is 0 Å². The number of nitrogens with one attached hydrogen (secondary N) is 1. The van der Waals surface area contributed by atoms with Crippen LogP contribution in [0.25, 0.3) is 0 Å². The number of hydrogen-bond acceptors (Lipinski definition) is 2. The number of carbonyl (C=O) groups excluding carboxylic acids is 2. The van der Waals surface area contributed by atoms with Gasteiger partial charge in [0.1, 0.15) is 17.7 Å². The van der Waals surface area contributed by atoms with Gasteiger partial charge in [-0.05, 0) is 37.1 Å². The van der Waals surface area contributed by atoms with Crippen molar-refractivity contribution in [2.45, 2.75) is 18.9 Å². The van der Waals surface area contributed by atoms with Gasteiger partial charge in [-0.1, -0.05) is 18.2 Å². The molecular formula is C18H16F2N2O2. The Labute approximate surface area is 138 Å². The number of carbonyl (C=O) groups is 2. The van der Waals surface area contributed by atoms with Gasteiger partial charge >= 0.3 is 0 Å². The van der Waals surface area contributed by atoms with Crippen LogP contribution in [-0.2, 0) is 4.79 Å². The van der Waals surface area contributed by atoms with Crippen molar-refractivity contribution in [1.29, 1.82) is 0 Å². The van der Waals surface area contributed by atoms with E-state index in [2.05, 4.69) is 5.32 Å². The topological polar surface area (TPSA) is 49.4 Å². The molecule has 0 unspecified atom stereocenters. The number of benzene rings is 2. The summed E-state index contributed by atoms with van der Waals surface area (Å²) in [5.41, 5.74) is 0.408. The van der Waals surface area contributed by atoms with E-state index in [1.807, 2.05) is 6.07 Å². The molecule has 0 aromatic heterocycles. The van der Waals surface area contributed by atoms with Crippen LogP contribution < -0.4 is 5.32 Å². The molecule has 3 rings (SSSR count). The molecule has 1 aliphatic heterocycles. The smallest absolute Gasteiger partial charge is 0.254 e. The number of rotatable bonds is 3. The SMILES string of the molecule is O=C(Nc1ccc(F)cc1F)[C@H]1CCCN1C(=O)c1ccccc1. The molecule has 1 aliphatic rings. The van der Waals surface area contributed by atoms with Crippen molar-refractivity contribution in [2.75, 3.05) is 11.9 Å². The van der Waals surface area contributed by atoms with Crippen molar-refractivity contribution in [1.82, 2.24) is 4.90 Å². The molecule has 2 aromatic carbocycles. The van der Waals surface area contributed by atoms with Crippen molar-refractivity contribution < 1.29 is 18.4 Å². The summed E-state index contributed by atoms with van der Waals surface area (Å²) in [7, 11) is 0. The molecule has 2 amide bonds. The van der Waals surface area contributed by atoms with Gasteiger partial charge in [0, 0.05) is 18.2 Å². The van der Waals surface area contributed by atoms with E-state index in [9.17, 15) is 18.4 Å². The van der Waals surface area contributed by atoms with E-state index in [1.165, 1.54) is 11.0 Å². The lowest BCUT2D eigenvalue weighted by atomic mass is 10.1. The van der Waals surface area contributed by atoms with Gasteiger partial charge in [-0.25, -0.2) is 8.78 Å². The zero-order valence-corrected chi connectivity index (χ0v) is 12.8. The average molecular weight is 330 g/mol. The molecule has 0 saturated carbocycles. The summed E-state index contributed by atoms with van der Waals surface area (Å²) in [5, 5.41) is 2.44. The van der Waals surface area contributed by atoms with Gasteiger partial charge in [0.25, 0.3) is 5.91 Å². The molecule has 0 bridgehead atoms. The summed E-state index contributed by atoms with van der Waals surface area (Å²) in [6, 6.07) is 11.0. The Hall–Kier alpha value is -2.76. The standard InChI is InChI=1S/C18H16F2N2O2/c19-13-8-9-15(14(20)11-13)21-17(23)16-7-4-10-22(16)18(24)12-5-2-1-3-6-12/h1-3,5-6,8-9,11,16H,4,7,10H2,(H,21,23)/t16-/m1/s1. The Morgan fingerprint density at radius 3 is 2.54 bits per heavy atom. The highest BCUT2D eigenvalue weighted by atomic mass is 19.1. The lowest BCUT2D eigenvalue weighted by Gasteiger charge is -2.24. The maximum Gasteiger partial charge on any atom is 0.254 e. The van der Waals surface area contributed by atoms with Crippen LogP contribution >= 0.6 is 0 Å². The second-order valence-electron chi connectivity index (χ2n) is 5.64. The van der Waals surface area contributed by atoms with Crippen molar-refractivity contribution in [2.24, 2.45) is 0 Å². The van der Waals surface area contributed by atoms with Gasteiger partial charge in [-0.15, -0.1) is 0 Å². The van der Waals surface area contributed by atoms with E-state index >= 15 is 0 Å². The van der Waals surface area contributed by atoms with E-state index in [-0.39, 0.29) is 11.6 Å². The third-order valence-electron chi connectivity index (χ3n) is 4.03. The second-order valence-corrected chi connectivity index (χ2v) is 5.64. The first-order valence-electron chi connectivity index (χ1n) is 7.68. The van der Waals surface area contributed by atoms with Crippen LogP contribution in [0.4, 0.5) is 14.5 Å². The van der Waals surface area contributed by atoms with Crippen molar-refractivity contribution >= 4 is 17.5 Å². The van der Waals surface area contributed by atoms with E-state index in [0.717, 1.165) is 6.07 Å². The second kappa shape index (κ2) is 6.78. The predicted molar refractivity (Wildman–Crippen MR) is 85.5 cm³/mol. The van der Waals surface area contributed by atoms with Crippen LogP contribution in [-0.4, -0.2) is 29.3 Å². The van der Waals surface area contributed by atoms with Gasteiger partial charge < -0.3 is 10.2 Å². The van der Waals surface area contributed by atoms with Gasteiger partial charge in [0.15, 0.2) is 0 Å². The van der Waals surface area contributed by atoms with Gasteiger partial charge in [-0.2, -0.15) is 0 Å². The highest BCUT2D eigenvalue weighted by molar-refractivity contribution is 6.01. The quantitative estimate of drug-likeness (QED) is 0.939. The Morgan fingerprint density at radius 1 is 1.08 bits per heavy atom. The van der Waals surface area contributed by atoms with E-state index in [1.54, 1.807) is 24.3 Å². The molecule has 0 aliphatic carbocycles. The number of likely N-dealkylation sites (tertiary alicyclic amines) is 1. The molecule has 0 radical (unpaired) electrons. The maximum atomic E-state index is 13.7. The molecule has 2 aromatic rings. The molecule has 0 spiro atoms. The van der Waals surface area contributed by atoms with E-state index < -0.39 is 23.6 Å². The van der Waals surface area contributed by atoms with Crippen LogP contribution in [0, 0.1) is 11.6 Å². The monoisotopic (exact) mass is 330 g/mol. The Morgan fingerprint density at radius 2 is 1.83 bits per heavy atom. The number of hydrogen-bond donors (Lipinski definition) is 1. The fourth-order valence-electron chi connectivity index (χ4n) is 2.84. The molecule has 24 heavy (non-hydrogen) atoms. The van der Waals surface area contributed by atoms with Crippen LogP contribution in [0.2, 0.25) is 0 Å². The molecule has 124 valence electrons. The minimum atomic E-state index is -0.845. The molecule has 1 N–H and O–H groups in total. The first kappa shape index (κ1) is 16.1. The Kier molecular flexibility index (Phi) is 4.55. The molecule has 1 atom stereocenters. The number of nitrogens with zero attached hydrogens (tertiary/aromatic N) is 1. The first-order valence-corrected chi connectivity index (χ1v) is 7.68. The summed E-state index contributed by atoms with van der Waals surface area (Å²) < 4.78 is 26.6. The number of anilines is 1. The zero-order chi connectivity index (χ0) is 17.1. The summed E-state index contributed by atoms with van der Waals surface area (Å²) in [6.07, 6.45) is 1.20. The third kappa shape index (κ3) is 3.27. The molecule has 1 fully saturated rings. The van der Waals surface area contributed by atoms with E-state index in [0.29, 0.717) is 31.0 Å². The highest BCUT2D eigenvalue weighted by Gasteiger charge is 2.34. The number of amides is 2. The Bertz CT molecular complexity index is 765. The lowest BCUT2D eigenvalue weighted by Crippen LogP contribution is -2.43. The summed E-state index contributed by atoms with van der Waals surface area (Å²) in [5.74, 6) is -2.26. The normalized spacial score (nSPS) is 16.9. The Balaban J connectivity index is 1.75. The van der Waals surface area contributed by atoms with Crippen LogP contribution in [0.3, 0.4) is 0 Å². The van der Waals surface area contributed by atoms with Gasteiger partial charge in [-0.3, -0.25) is 9.59 Å². The summed E-state index contributed by atoms with van der Waals surface area (Å²) in [6.45, 7) is 0.470. The van der Waals surface area contributed by atoms with Crippen molar-refractivity contribution in [3.8, 4) is 0 Å². The van der Waals surface area contributed by atoms with Crippen molar-refractivity contribution in [3.63, 3.8) is 0 Å². The first-order chi connectivity index (χ1) is 11.6.